The molecule has 1 aliphatic rings. The van der Waals surface area contributed by atoms with E-state index in [-0.39, 0.29) is 17.7 Å². The predicted molar refractivity (Wildman–Crippen MR) is 120 cm³/mol. The highest BCUT2D eigenvalue weighted by atomic mass is 32.1. The number of carbonyl (C=O) groups excluding carboxylic acids is 2. The topological polar surface area (TPSA) is 61.9 Å². The van der Waals surface area contributed by atoms with Gasteiger partial charge < -0.3 is 15.0 Å². The van der Waals surface area contributed by atoms with E-state index in [4.69, 9.17) is 4.74 Å². The average Bonchev–Trinajstić information content (AvgIpc) is 3.27. The first kappa shape index (κ1) is 22.3. The van der Waals surface area contributed by atoms with E-state index in [0.717, 1.165) is 43.7 Å². The Kier molecular flexibility index (Phi) is 8.28. The van der Waals surface area contributed by atoms with Crippen molar-refractivity contribution in [1.82, 2.24) is 15.1 Å². The summed E-state index contributed by atoms with van der Waals surface area (Å²) in [5.41, 5.74) is 1.04. The maximum absolute atomic E-state index is 12.6. The van der Waals surface area contributed by atoms with Gasteiger partial charge in [-0.25, -0.2) is 0 Å². The fourth-order valence-electron chi connectivity index (χ4n) is 3.71. The number of thiophene rings is 1. The molecule has 0 atom stereocenters. The Labute approximate surface area is 182 Å². The van der Waals surface area contributed by atoms with Crippen LogP contribution in [0.1, 0.15) is 23.3 Å². The molecule has 1 saturated heterocycles. The average molecular weight is 430 g/mol. The first-order chi connectivity index (χ1) is 14.5. The van der Waals surface area contributed by atoms with Crippen LogP contribution < -0.4 is 10.1 Å². The van der Waals surface area contributed by atoms with Gasteiger partial charge in [-0.3, -0.25) is 14.5 Å². The summed E-state index contributed by atoms with van der Waals surface area (Å²) in [6.45, 7) is 3.20. The molecule has 1 aromatic carbocycles. The molecule has 0 bridgehead atoms. The molecule has 3 rings (SSSR count). The Morgan fingerprint density at radius 2 is 2.03 bits per heavy atom. The number of likely N-dealkylation sites (tertiary alicyclic amines) is 1. The number of rotatable bonds is 9. The summed E-state index contributed by atoms with van der Waals surface area (Å²) >= 11 is 1.72. The van der Waals surface area contributed by atoms with Crippen LogP contribution in [0.2, 0.25) is 0 Å². The lowest BCUT2D eigenvalue weighted by Crippen LogP contribution is -2.44. The van der Waals surface area contributed by atoms with Crippen LogP contribution in [0.25, 0.3) is 0 Å². The van der Waals surface area contributed by atoms with Gasteiger partial charge in [0, 0.05) is 30.9 Å². The Morgan fingerprint density at radius 1 is 1.23 bits per heavy atom. The van der Waals surface area contributed by atoms with Crippen molar-refractivity contribution in [2.45, 2.75) is 25.8 Å². The van der Waals surface area contributed by atoms with Gasteiger partial charge in [0.15, 0.2) is 0 Å². The monoisotopic (exact) mass is 429 g/mol. The van der Waals surface area contributed by atoms with Gasteiger partial charge in [0.05, 0.1) is 13.7 Å². The van der Waals surface area contributed by atoms with Crippen LogP contribution in [0.15, 0.2) is 41.8 Å². The summed E-state index contributed by atoms with van der Waals surface area (Å²) < 4.78 is 5.25. The van der Waals surface area contributed by atoms with Crippen molar-refractivity contribution in [3.05, 3.63) is 52.2 Å². The number of hydrogen-bond acceptors (Lipinski definition) is 5. The number of piperidine rings is 1. The largest absolute Gasteiger partial charge is 0.497 e. The van der Waals surface area contributed by atoms with Gasteiger partial charge in [-0.2, -0.15) is 0 Å². The fraction of sp³-hybridized carbons (Fsp3) is 0.478. The summed E-state index contributed by atoms with van der Waals surface area (Å²) in [6.07, 6.45) is 2.49. The molecule has 1 fully saturated rings. The van der Waals surface area contributed by atoms with Crippen molar-refractivity contribution in [2.75, 3.05) is 40.3 Å². The van der Waals surface area contributed by atoms with Crippen molar-refractivity contribution in [1.29, 1.82) is 0 Å². The number of nitrogens with zero attached hydrogens (tertiary/aromatic N) is 2. The number of ether oxygens (including phenoxy) is 1. The van der Waals surface area contributed by atoms with E-state index in [0.29, 0.717) is 19.6 Å². The zero-order chi connectivity index (χ0) is 21.3. The van der Waals surface area contributed by atoms with Gasteiger partial charge in [-0.05, 0) is 61.5 Å². The van der Waals surface area contributed by atoms with E-state index in [1.807, 2.05) is 37.4 Å². The maximum atomic E-state index is 12.6. The molecular formula is C23H31N3O3S. The molecule has 1 aromatic heterocycles. The highest BCUT2D eigenvalue weighted by Gasteiger charge is 2.26. The molecule has 0 aliphatic carbocycles. The first-order valence-electron chi connectivity index (χ1n) is 10.4. The molecule has 0 saturated carbocycles. The van der Waals surface area contributed by atoms with Crippen LogP contribution in [-0.4, -0.2) is 62.0 Å². The number of methoxy groups -OCH3 is 1. The molecular weight excluding hydrogens is 398 g/mol. The Bertz CT molecular complexity index is 817. The number of carbonyl (C=O) groups is 2. The summed E-state index contributed by atoms with van der Waals surface area (Å²) in [6, 6.07) is 11.9. The lowest BCUT2D eigenvalue weighted by atomic mass is 9.96. The number of nitrogens with one attached hydrogen (secondary N) is 1. The molecule has 6 nitrogen and oxygen atoms in total. The standard InChI is InChI=1S/C23H31N3O3S/c1-25(16-18-5-3-6-20(15-18)29-2)22(27)17-26-12-9-19(10-13-26)23(28)24-11-8-21-7-4-14-30-21/h3-7,14-15,19H,8-13,16-17H2,1-2H3,(H,24,28). The molecule has 1 aliphatic heterocycles. The zero-order valence-electron chi connectivity index (χ0n) is 17.8. The minimum Gasteiger partial charge on any atom is -0.497 e. The number of likely N-dealkylation sites (N-methyl/N-ethyl adjacent to an activating group) is 1. The van der Waals surface area contributed by atoms with Crippen molar-refractivity contribution < 1.29 is 14.3 Å². The smallest absolute Gasteiger partial charge is 0.236 e. The van der Waals surface area contributed by atoms with Gasteiger partial charge in [0.2, 0.25) is 11.8 Å². The summed E-state index contributed by atoms with van der Waals surface area (Å²) in [7, 11) is 3.47. The van der Waals surface area contributed by atoms with Gasteiger partial charge in [-0.15, -0.1) is 11.3 Å². The molecule has 0 spiro atoms. The van der Waals surface area contributed by atoms with E-state index in [2.05, 4.69) is 21.7 Å². The van der Waals surface area contributed by atoms with Crippen molar-refractivity contribution in [3.8, 4) is 5.75 Å². The van der Waals surface area contributed by atoms with Crippen LogP contribution in [0, 0.1) is 5.92 Å². The lowest BCUT2D eigenvalue weighted by Gasteiger charge is -2.32. The molecule has 2 aromatic rings. The second-order valence-electron chi connectivity index (χ2n) is 7.77. The molecule has 0 unspecified atom stereocenters. The van der Waals surface area contributed by atoms with Crippen molar-refractivity contribution >= 4 is 23.2 Å². The third-order valence-electron chi connectivity index (χ3n) is 5.55. The van der Waals surface area contributed by atoms with Crippen molar-refractivity contribution in [3.63, 3.8) is 0 Å². The Hall–Kier alpha value is -2.38. The van der Waals surface area contributed by atoms with Crippen LogP contribution in [0.3, 0.4) is 0 Å². The Morgan fingerprint density at radius 3 is 2.73 bits per heavy atom. The summed E-state index contributed by atoms with van der Waals surface area (Å²) in [5, 5.41) is 5.12. The van der Waals surface area contributed by atoms with Crippen LogP contribution >= 0.6 is 11.3 Å². The molecule has 2 heterocycles. The molecule has 2 amide bonds. The van der Waals surface area contributed by atoms with E-state index < -0.39 is 0 Å². The van der Waals surface area contributed by atoms with E-state index in [1.54, 1.807) is 23.3 Å². The first-order valence-corrected chi connectivity index (χ1v) is 11.3. The number of benzene rings is 1. The summed E-state index contributed by atoms with van der Waals surface area (Å²) in [4.78, 5) is 30.2. The third kappa shape index (κ3) is 6.57. The predicted octanol–water partition coefficient (Wildman–Crippen LogP) is 2.79. The van der Waals surface area contributed by atoms with Gasteiger partial charge in [0.25, 0.3) is 0 Å². The zero-order valence-corrected chi connectivity index (χ0v) is 18.6. The maximum Gasteiger partial charge on any atom is 0.236 e. The quantitative estimate of drug-likeness (QED) is 0.666. The van der Waals surface area contributed by atoms with Gasteiger partial charge >= 0.3 is 0 Å². The SMILES string of the molecule is COc1cccc(CN(C)C(=O)CN2CCC(C(=O)NCCc3cccs3)CC2)c1. The van der Waals surface area contributed by atoms with Gasteiger partial charge in [-0.1, -0.05) is 18.2 Å². The second kappa shape index (κ2) is 11.1. The minimum absolute atomic E-state index is 0.0502. The second-order valence-corrected chi connectivity index (χ2v) is 8.80. The van der Waals surface area contributed by atoms with E-state index in [9.17, 15) is 9.59 Å². The minimum atomic E-state index is 0.0502. The number of hydrogen-bond donors (Lipinski definition) is 1. The molecule has 1 N–H and O–H groups in total. The Balaban J connectivity index is 1.36. The lowest BCUT2D eigenvalue weighted by molar-refractivity contribution is -0.132. The van der Waals surface area contributed by atoms with Crippen LogP contribution in [0.4, 0.5) is 0 Å². The highest BCUT2D eigenvalue weighted by Crippen LogP contribution is 2.18. The van der Waals surface area contributed by atoms with E-state index in [1.165, 1.54) is 4.88 Å². The number of amides is 2. The molecule has 0 radical (unpaired) electrons. The van der Waals surface area contributed by atoms with E-state index >= 15 is 0 Å². The molecule has 162 valence electrons. The highest BCUT2D eigenvalue weighted by molar-refractivity contribution is 7.09. The fourth-order valence-corrected chi connectivity index (χ4v) is 4.42. The van der Waals surface area contributed by atoms with Crippen LogP contribution in [-0.2, 0) is 22.6 Å². The normalized spacial score (nSPS) is 15.0. The molecule has 7 heteroatoms. The van der Waals surface area contributed by atoms with Crippen molar-refractivity contribution in [2.24, 2.45) is 5.92 Å². The summed E-state index contributed by atoms with van der Waals surface area (Å²) in [5.74, 6) is 1.09. The van der Waals surface area contributed by atoms with Crippen LogP contribution in [0.5, 0.6) is 5.75 Å². The third-order valence-corrected chi connectivity index (χ3v) is 6.48. The van der Waals surface area contributed by atoms with Gasteiger partial charge in [0.1, 0.15) is 5.75 Å². The molecule has 30 heavy (non-hydrogen) atoms.